The third-order valence-corrected chi connectivity index (χ3v) is 8.20. The van der Waals surface area contributed by atoms with E-state index in [2.05, 4.69) is 4.99 Å². The molecular weight excluding hydrogens is 456 g/mol. The van der Waals surface area contributed by atoms with Gasteiger partial charge in [0.1, 0.15) is 0 Å². The van der Waals surface area contributed by atoms with Gasteiger partial charge in [0.05, 0.1) is 33.4 Å². The Bertz CT molecular complexity index is 1240. The number of amides is 1. The molecule has 3 aromatic rings. The maximum atomic E-state index is 12.6. The molecule has 166 valence electrons. The Morgan fingerprint density at radius 1 is 1.19 bits per heavy atom. The van der Waals surface area contributed by atoms with Gasteiger partial charge < -0.3 is 9.30 Å². The van der Waals surface area contributed by atoms with Gasteiger partial charge in [-0.05, 0) is 56.7 Å². The van der Waals surface area contributed by atoms with E-state index in [4.69, 9.17) is 16.3 Å². The van der Waals surface area contributed by atoms with Crippen molar-refractivity contribution in [2.24, 2.45) is 4.99 Å². The molecule has 6 nitrogen and oxygen atoms in total. The van der Waals surface area contributed by atoms with Crippen LogP contribution in [0.4, 0.5) is 0 Å². The van der Waals surface area contributed by atoms with Gasteiger partial charge in [0.2, 0.25) is 0 Å². The Morgan fingerprint density at radius 2 is 1.90 bits per heavy atom. The lowest BCUT2D eigenvalue weighted by Crippen LogP contribution is -2.20. The first-order valence-corrected chi connectivity index (χ1v) is 12.7. The van der Waals surface area contributed by atoms with Crippen molar-refractivity contribution in [3.8, 4) is 0 Å². The summed E-state index contributed by atoms with van der Waals surface area (Å²) in [5.41, 5.74) is 1.66. The first-order valence-electron chi connectivity index (χ1n) is 9.99. The lowest BCUT2D eigenvalue weighted by molar-refractivity contribution is -0.117. The van der Waals surface area contributed by atoms with Crippen molar-refractivity contribution in [3.63, 3.8) is 0 Å². The van der Waals surface area contributed by atoms with E-state index >= 15 is 0 Å². The first-order chi connectivity index (χ1) is 14.7. The van der Waals surface area contributed by atoms with Gasteiger partial charge in [0.15, 0.2) is 14.6 Å². The molecule has 0 saturated carbocycles. The van der Waals surface area contributed by atoms with Crippen LogP contribution in [0.25, 0.3) is 10.2 Å². The standard InChI is InChI=1S/C22H25ClN2O4S2/c1-4-29-12-11-25-19-10-7-17(23)14-20(19)30-22(25)24-21(26)13-16-5-8-18(9-6-16)31(27,28)15(2)3/h5-10,14-15H,4,11-13H2,1-3H3. The number of carbonyl (C=O) groups is 1. The second-order valence-corrected chi connectivity index (χ2v) is 11.2. The number of nitrogens with zero attached hydrogens (tertiary/aromatic N) is 2. The van der Waals surface area contributed by atoms with E-state index in [0.29, 0.717) is 35.1 Å². The van der Waals surface area contributed by atoms with Crippen LogP contribution in [0.5, 0.6) is 0 Å². The molecule has 31 heavy (non-hydrogen) atoms. The molecular formula is C22H25ClN2O4S2. The fourth-order valence-corrected chi connectivity index (χ4v) is 5.45. The SMILES string of the molecule is CCOCCn1c(=NC(=O)Cc2ccc(S(=O)(=O)C(C)C)cc2)sc2cc(Cl)ccc21. The number of thiazole rings is 1. The number of rotatable bonds is 8. The van der Waals surface area contributed by atoms with E-state index in [-0.39, 0.29) is 17.2 Å². The van der Waals surface area contributed by atoms with Crippen molar-refractivity contribution >= 4 is 48.9 Å². The number of halogens is 1. The topological polar surface area (TPSA) is 77.7 Å². The van der Waals surface area contributed by atoms with Gasteiger partial charge in [-0.2, -0.15) is 4.99 Å². The molecule has 0 aliphatic heterocycles. The zero-order valence-electron chi connectivity index (χ0n) is 17.7. The number of fused-ring (bicyclic) bond motifs is 1. The average molecular weight is 481 g/mol. The quantitative estimate of drug-likeness (QED) is 0.451. The number of benzene rings is 2. The summed E-state index contributed by atoms with van der Waals surface area (Å²) >= 11 is 7.52. The summed E-state index contributed by atoms with van der Waals surface area (Å²) in [7, 11) is -3.34. The van der Waals surface area contributed by atoms with E-state index in [1.165, 1.54) is 11.3 Å². The number of aromatic nitrogens is 1. The molecule has 0 radical (unpaired) electrons. The van der Waals surface area contributed by atoms with Crippen molar-refractivity contribution in [3.05, 3.63) is 57.9 Å². The Kier molecular flexibility index (Phi) is 7.69. The van der Waals surface area contributed by atoms with Crippen molar-refractivity contribution in [2.45, 2.75) is 43.9 Å². The van der Waals surface area contributed by atoms with E-state index in [1.807, 2.05) is 29.7 Å². The van der Waals surface area contributed by atoms with Gasteiger partial charge in [0.25, 0.3) is 5.91 Å². The predicted octanol–water partition coefficient (Wildman–Crippen LogP) is 4.24. The van der Waals surface area contributed by atoms with Crippen LogP contribution in [0.1, 0.15) is 26.3 Å². The Morgan fingerprint density at radius 3 is 2.55 bits per heavy atom. The van der Waals surface area contributed by atoms with Crippen LogP contribution in [0.15, 0.2) is 52.4 Å². The fourth-order valence-electron chi connectivity index (χ4n) is 3.04. The molecule has 0 saturated heterocycles. The summed E-state index contributed by atoms with van der Waals surface area (Å²) in [6, 6.07) is 12.0. The van der Waals surface area contributed by atoms with Crippen molar-refractivity contribution in [1.29, 1.82) is 0 Å². The molecule has 0 aliphatic rings. The summed E-state index contributed by atoms with van der Waals surface area (Å²) in [6.45, 7) is 6.92. The zero-order chi connectivity index (χ0) is 22.6. The molecule has 3 rings (SSSR count). The van der Waals surface area contributed by atoms with E-state index in [0.717, 1.165) is 10.2 Å². The maximum Gasteiger partial charge on any atom is 0.252 e. The van der Waals surface area contributed by atoms with Crippen molar-refractivity contribution in [1.82, 2.24) is 4.57 Å². The van der Waals surface area contributed by atoms with Crippen LogP contribution in [0.2, 0.25) is 5.02 Å². The van der Waals surface area contributed by atoms with Gasteiger partial charge in [-0.15, -0.1) is 0 Å². The minimum absolute atomic E-state index is 0.0858. The highest BCUT2D eigenvalue weighted by Gasteiger charge is 2.19. The average Bonchev–Trinajstić information content (AvgIpc) is 3.04. The summed E-state index contributed by atoms with van der Waals surface area (Å²) in [5, 5.41) is 0.128. The normalized spacial score (nSPS) is 12.7. The maximum absolute atomic E-state index is 12.6. The monoisotopic (exact) mass is 480 g/mol. The second-order valence-electron chi connectivity index (χ2n) is 7.27. The molecule has 2 aromatic carbocycles. The van der Waals surface area contributed by atoms with Gasteiger partial charge >= 0.3 is 0 Å². The van der Waals surface area contributed by atoms with Crippen LogP contribution in [-0.4, -0.2) is 37.4 Å². The minimum atomic E-state index is -3.34. The molecule has 0 spiro atoms. The van der Waals surface area contributed by atoms with Crippen LogP contribution < -0.4 is 4.80 Å². The highest BCUT2D eigenvalue weighted by molar-refractivity contribution is 7.92. The fraction of sp³-hybridized carbons (Fsp3) is 0.364. The summed E-state index contributed by atoms with van der Waals surface area (Å²) < 4.78 is 32.9. The molecule has 0 atom stereocenters. The molecule has 0 N–H and O–H groups in total. The van der Waals surface area contributed by atoms with E-state index < -0.39 is 15.1 Å². The third-order valence-electron chi connectivity index (χ3n) is 4.76. The van der Waals surface area contributed by atoms with Crippen LogP contribution in [-0.2, 0) is 32.3 Å². The lowest BCUT2D eigenvalue weighted by atomic mass is 10.1. The largest absolute Gasteiger partial charge is 0.380 e. The molecule has 1 amide bonds. The molecule has 0 fully saturated rings. The van der Waals surface area contributed by atoms with Gasteiger partial charge in [-0.25, -0.2) is 8.42 Å². The molecule has 0 aliphatic carbocycles. The number of hydrogen-bond acceptors (Lipinski definition) is 5. The number of carbonyl (C=O) groups excluding carboxylic acids is 1. The molecule has 1 heterocycles. The number of hydrogen-bond donors (Lipinski definition) is 0. The lowest BCUT2D eigenvalue weighted by Gasteiger charge is -2.08. The summed E-state index contributed by atoms with van der Waals surface area (Å²) in [5.74, 6) is -0.303. The molecule has 0 bridgehead atoms. The summed E-state index contributed by atoms with van der Waals surface area (Å²) in [4.78, 5) is 17.8. The zero-order valence-corrected chi connectivity index (χ0v) is 20.1. The predicted molar refractivity (Wildman–Crippen MR) is 124 cm³/mol. The highest BCUT2D eigenvalue weighted by atomic mass is 35.5. The molecule has 1 aromatic heterocycles. The second kappa shape index (κ2) is 10.1. The van der Waals surface area contributed by atoms with Gasteiger partial charge in [-0.3, -0.25) is 4.79 Å². The highest BCUT2D eigenvalue weighted by Crippen LogP contribution is 2.22. The van der Waals surface area contributed by atoms with Gasteiger partial charge in [-0.1, -0.05) is 35.1 Å². The third kappa shape index (κ3) is 5.63. The summed E-state index contributed by atoms with van der Waals surface area (Å²) in [6.07, 6.45) is 0.0858. The van der Waals surface area contributed by atoms with Crippen molar-refractivity contribution in [2.75, 3.05) is 13.2 Å². The molecule has 0 unspecified atom stereocenters. The van der Waals surface area contributed by atoms with Crippen molar-refractivity contribution < 1.29 is 17.9 Å². The Labute approximate surface area is 191 Å². The molecule has 9 heteroatoms. The Hall–Kier alpha value is -2.00. The van der Waals surface area contributed by atoms with Gasteiger partial charge in [0, 0.05) is 18.2 Å². The first kappa shape index (κ1) is 23.7. The van der Waals surface area contributed by atoms with Crippen LogP contribution >= 0.6 is 22.9 Å². The van der Waals surface area contributed by atoms with E-state index in [9.17, 15) is 13.2 Å². The minimum Gasteiger partial charge on any atom is -0.380 e. The Balaban J connectivity index is 1.87. The number of sulfone groups is 1. The van der Waals surface area contributed by atoms with Crippen LogP contribution in [0.3, 0.4) is 0 Å². The van der Waals surface area contributed by atoms with Crippen LogP contribution in [0, 0.1) is 0 Å². The smallest absolute Gasteiger partial charge is 0.252 e. The van der Waals surface area contributed by atoms with E-state index in [1.54, 1.807) is 38.1 Å². The number of ether oxygens (including phenoxy) is 1.